The maximum atomic E-state index is 11.3. The highest BCUT2D eigenvalue weighted by atomic mass is 16.5. The van der Waals surface area contributed by atoms with Crippen molar-refractivity contribution in [3.8, 4) is 5.88 Å². The van der Waals surface area contributed by atoms with Gasteiger partial charge in [-0.05, 0) is 19.8 Å². The number of nitrogens with zero attached hydrogens (tertiary/aromatic N) is 3. The molecule has 1 aliphatic rings. The minimum absolute atomic E-state index is 0.136. The van der Waals surface area contributed by atoms with E-state index in [0.717, 1.165) is 31.5 Å². The molecule has 0 amide bonds. The second kappa shape index (κ2) is 6.74. The molecule has 1 N–H and O–H groups in total. The second-order valence-corrected chi connectivity index (χ2v) is 5.56. The Morgan fingerprint density at radius 3 is 2.71 bits per heavy atom. The van der Waals surface area contributed by atoms with Crippen LogP contribution < -0.4 is 9.64 Å². The standard InChI is InChI=1S/C15H23N3O3/c1-3-21-13-9-12(16-11-17-13)18(2)15(10-14(19)20)7-5-4-6-8-15/h9,11H,3-8,10H2,1-2H3,(H,19,20). The fourth-order valence-corrected chi connectivity index (χ4v) is 3.11. The molecule has 1 aromatic rings. The molecule has 0 aliphatic heterocycles. The molecule has 116 valence electrons. The average molecular weight is 293 g/mol. The van der Waals surface area contributed by atoms with Crippen LogP contribution >= 0.6 is 0 Å². The predicted molar refractivity (Wildman–Crippen MR) is 79.7 cm³/mol. The summed E-state index contributed by atoms with van der Waals surface area (Å²) in [6.45, 7) is 2.44. The molecule has 0 spiro atoms. The van der Waals surface area contributed by atoms with Gasteiger partial charge in [0.2, 0.25) is 5.88 Å². The predicted octanol–water partition coefficient (Wildman–Crippen LogP) is 2.49. The first-order chi connectivity index (χ1) is 10.1. The number of anilines is 1. The van der Waals surface area contributed by atoms with E-state index in [-0.39, 0.29) is 12.0 Å². The van der Waals surface area contributed by atoms with E-state index in [0.29, 0.717) is 12.5 Å². The van der Waals surface area contributed by atoms with Gasteiger partial charge in [-0.3, -0.25) is 4.79 Å². The van der Waals surface area contributed by atoms with Crippen molar-refractivity contribution >= 4 is 11.8 Å². The van der Waals surface area contributed by atoms with Gasteiger partial charge in [0.15, 0.2) is 0 Å². The number of ether oxygens (including phenoxy) is 1. The summed E-state index contributed by atoms with van der Waals surface area (Å²) >= 11 is 0. The van der Waals surface area contributed by atoms with Crippen molar-refractivity contribution in [2.45, 2.75) is 51.0 Å². The Balaban J connectivity index is 2.26. The SMILES string of the molecule is CCOc1cc(N(C)C2(CC(=O)O)CCCCC2)ncn1. The van der Waals surface area contributed by atoms with Crippen LogP contribution in [0.25, 0.3) is 0 Å². The lowest BCUT2D eigenvalue weighted by molar-refractivity contribution is -0.138. The quantitative estimate of drug-likeness (QED) is 0.868. The van der Waals surface area contributed by atoms with Gasteiger partial charge in [0.05, 0.1) is 18.6 Å². The van der Waals surface area contributed by atoms with Crippen LogP contribution in [0.1, 0.15) is 45.4 Å². The Bertz CT molecular complexity index is 487. The van der Waals surface area contributed by atoms with Crippen molar-refractivity contribution in [3.05, 3.63) is 12.4 Å². The van der Waals surface area contributed by atoms with Gasteiger partial charge in [-0.1, -0.05) is 19.3 Å². The summed E-state index contributed by atoms with van der Waals surface area (Å²) in [5.74, 6) is 0.482. The minimum atomic E-state index is -0.761. The van der Waals surface area contributed by atoms with Gasteiger partial charge in [0.1, 0.15) is 12.1 Å². The van der Waals surface area contributed by atoms with Crippen molar-refractivity contribution in [1.82, 2.24) is 9.97 Å². The average Bonchev–Trinajstić information content (AvgIpc) is 2.47. The van der Waals surface area contributed by atoms with E-state index in [1.54, 1.807) is 6.07 Å². The molecule has 6 heteroatoms. The molecule has 0 aromatic carbocycles. The Kier molecular flexibility index (Phi) is 4.98. The van der Waals surface area contributed by atoms with Gasteiger partial charge in [-0.25, -0.2) is 9.97 Å². The van der Waals surface area contributed by atoms with Crippen molar-refractivity contribution in [1.29, 1.82) is 0 Å². The van der Waals surface area contributed by atoms with Crippen LogP contribution in [-0.2, 0) is 4.79 Å². The fourth-order valence-electron chi connectivity index (χ4n) is 3.11. The molecule has 21 heavy (non-hydrogen) atoms. The molecule has 0 saturated heterocycles. The summed E-state index contributed by atoms with van der Waals surface area (Å²) in [5, 5.41) is 9.28. The van der Waals surface area contributed by atoms with E-state index in [1.807, 2.05) is 18.9 Å². The zero-order valence-corrected chi connectivity index (χ0v) is 12.7. The molecule has 0 radical (unpaired) electrons. The highest BCUT2D eigenvalue weighted by molar-refractivity contribution is 5.69. The number of rotatable bonds is 6. The van der Waals surface area contributed by atoms with Crippen molar-refractivity contribution < 1.29 is 14.6 Å². The summed E-state index contributed by atoms with van der Waals surface area (Å²) in [6.07, 6.45) is 6.64. The molecule has 1 fully saturated rings. The van der Waals surface area contributed by atoms with Crippen LogP contribution in [0, 0.1) is 0 Å². The summed E-state index contributed by atoms with van der Waals surface area (Å²) in [6, 6.07) is 1.78. The maximum Gasteiger partial charge on any atom is 0.305 e. The normalized spacial score (nSPS) is 17.2. The van der Waals surface area contributed by atoms with Gasteiger partial charge in [-0.2, -0.15) is 0 Å². The molecule has 0 unspecified atom stereocenters. The van der Waals surface area contributed by atoms with Crippen molar-refractivity contribution in [2.24, 2.45) is 0 Å². The number of hydrogen-bond donors (Lipinski definition) is 1. The summed E-state index contributed by atoms with van der Waals surface area (Å²) in [4.78, 5) is 21.7. The maximum absolute atomic E-state index is 11.3. The Labute approximate surface area is 125 Å². The molecule has 1 saturated carbocycles. The summed E-state index contributed by atoms with van der Waals surface area (Å²) in [7, 11) is 1.92. The van der Waals surface area contributed by atoms with E-state index in [9.17, 15) is 9.90 Å². The van der Waals surface area contributed by atoms with Gasteiger partial charge >= 0.3 is 5.97 Å². The fraction of sp³-hybridized carbons (Fsp3) is 0.667. The topological polar surface area (TPSA) is 75.5 Å². The first-order valence-corrected chi connectivity index (χ1v) is 7.48. The van der Waals surface area contributed by atoms with Crippen LogP contribution in [-0.4, -0.2) is 40.2 Å². The highest BCUT2D eigenvalue weighted by Crippen LogP contribution is 2.38. The third kappa shape index (κ3) is 3.62. The summed E-state index contributed by atoms with van der Waals surface area (Å²) < 4.78 is 5.40. The van der Waals surface area contributed by atoms with Crippen LogP contribution in [0.15, 0.2) is 12.4 Å². The highest BCUT2D eigenvalue weighted by Gasteiger charge is 2.39. The molecular formula is C15H23N3O3. The monoisotopic (exact) mass is 293 g/mol. The minimum Gasteiger partial charge on any atom is -0.481 e. The van der Waals surface area contributed by atoms with Gasteiger partial charge in [-0.15, -0.1) is 0 Å². The Morgan fingerprint density at radius 2 is 2.10 bits per heavy atom. The Morgan fingerprint density at radius 1 is 1.38 bits per heavy atom. The van der Waals surface area contributed by atoms with Gasteiger partial charge in [0.25, 0.3) is 0 Å². The lowest BCUT2D eigenvalue weighted by Gasteiger charge is -2.44. The van der Waals surface area contributed by atoms with Crippen molar-refractivity contribution in [2.75, 3.05) is 18.6 Å². The molecule has 6 nitrogen and oxygen atoms in total. The molecular weight excluding hydrogens is 270 g/mol. The number of aromatic nitrogens is 2. The molecule has 1 aliphatic carbocycles. The van der Waals surface area contributed by atoms with E-state index in [4.69, 9.17) is 4.74 Å². The van der Waals surface area contributed by atoms with Crippen LogP contribution in [0.4, 0.5) is 5.82 Å². The molecule has 1 aromatic heterocycles. The first-order valence-electron chi connectivity index (χ1n) is 7.48. The molecule has 0 atom stereocenters. The third-order valence-electron chi connectivity index (χ3n) is 4.24. The zero-order chi connectivity index (χ0) is 15.3. The lowest BCUT2D eigenvalue weighted by atomic mass is 9.78. The van der Waals surface area contributed by atoms with E-state index in [1.165, 1.54) is 12.7 Å². The molecule has 1 heterocycles. The smallest absolute Gasteiger partial charge is 0.305 e. The third-order valence-corrected chi connectivity index (χ3v) is 4.24. The van der Waals surface area contributed by atoms with E-state index >= 15 is 0 Å². The molecule has 0 bridgehead atoms. The van der Waals surface area contributed by atoms with Crippen molar-refractivity contribution in [3.63, 3.8) is 0 Å². The van der Waals surface area contributed by atoms with Gasteiger partial charge in [0, 0.05) is 13.1 Å². The lowest BCUT2D eigenvalue weighted by Crippen LogP contribution is -2.50. The van der Waals surface area contributed by atoms with E-state index in [2.05, 4.69) is 9.97 Å². The largest absolute Gasteiger partial charge is 0.481 e. The summed E-state index contributed by atoms with van der Waals surface area (Å²) in [5.41, 5.74) is -0.359. The van der Waals surface area contributed by atoms with Gasteiger partial charge < -0.3 is 14.7 Å². The second-order valence-electron chi connectivity index (χ2n) is 5.56. The number of aliphatic carboxylic acids is 1. The number of carboxylic acid groups (broad SMARTS) is 1. The number of carboxylic acids is 1. The van der Waals surface area contributed by atoms with Crippen LogP contribution in [0.3, 0.4) is 0 Å². The first kappa shape index (κ1) is 15.5. The zero-order valence-electron chi connectivity index (χ0n) is 12.7. The van der Waals surface area contributed by atoms with Crippen LogP contribution in [0.5, 0.6) is 5.88 Å². The Hall–Kier alpha value is -1.85. The van der Waals surface area contributed by atoms with E-state index < -0.39 is 5.97 Å². The number of hydrogen-bond acceptors (Lipinski definition) is 5. The molecule has 2 rings (SSSR count). The number of carbonyl (C=O) groups is 1. The van der Waals surface area contributed by atoms with Crippen LogP contribution in [0.2, 0.25) is 0 Å².